The predicted molar refractivity (Wildman–Crippen MR) is 119 cm³/mol. The number of nitrogens with zero attached hydrogens (tertiary/aromatic N) is 2. The third-order valence-corrected chi connectivity index (χ3v) is 7.48. The number of benzene rings is 1. The van der Waals surface area contributed by atoms with E-state index in [9.17, 15) is 27.9 Å². The van der Waals surface area contributed by atoms with Crippen LogP contribution in [0.15, 0.2) is 18.2 Å². The van der Waals surface area contributed by atoms with Crippen LogP contribution in [0.1, 0.15) is 63.9 Å². The maximum Gasteiger partial charge on any atom is 0.418 e. The molecule has 0 unspecified atom stereocenters. The lowest BCUT2D eigenvalue weighted by atomic mass is 9.78. The first-order valence-corrected chi connectivity index (χ1v) is 11.9. The first-order valence-electron chi connectivity index (χ1n) is 11.9. The van der Waals surface area contributed by atoms with E-state index in [0.717, 1.165) is 18.9 Å². The van der Waals surface area contributed by atoms with E-state index in [4.69, 9.17) is 0 Å². The molecule has 3 aliphatic rings. The minimum absolute atomic E-state index is 0.0500. The molecule has 2 heterocycles. The van der Waals surface area contributed by atoms with Crippen LogP contribution in [0.5, 0.6) is 0 Å². The van der Waals surface area contributed by atoms with Crippen LogP contribution in [0.25, 0.3) is 0 Å². The Bertz CT molecular complexity index is 899. The Balaban J connectivity index is 1.56. The molecule has 9 heteroatoms. The number of rotatable bonds is 4. The highest BCUT2D eigenvalue weighted by Gasteiger charge is 2.51. The van der Waals surface area contributed by atoms with E-state index >= 15 is 0 Å². The summed E-state index contributed by atoms with van der Waals surface area (Å²) in [6.45, 7) is 2.98. The minimum atomic E-state index is -4.58. The lowest BCUT2D eigenvalue weighted by molar-refractivity contribution is -0.139. The predicted octanol–water partition coefficient (Wildman–Crippen LogP) is 4.18. The Morgan fingerprint density at radius 1 is 1.18 bits per heavy atom. The Morgan fingerprint density at radius 3 is 2.58 bits per heavy atom. The van der Waals surface area contributed by atoms with Crippen molar-refractivity contribution < 1.29 is 27.9 Å². The van der Waals surface area contributed by atoms with Crippen molar-refractivity contribution in [3.8, 4) is 0 Å². The van der Waals surface area contributed by atoms with Gasteiger partial charge >= 0.3 is 6.18 Å². The number of amides is 2. The number of alkyl halides is 3. The summed E-state index contributed by atoms with van der Waals surface area (Å²) >= 11 is 0. The molecular weight excluding hydrogens is 435 g/mol. The van der Waals surface area contributed by atoms with Crippen LogP contribution in [-0.2, 0) is 15.8 Å². The maximum absolute atomic E-state index is 13.9. The Morgan fingerprint density at radius 2 is 1.91 bits per heavy atom. The highest BCUT2D eigenvalue weighted by molar-refractivity contribution is 5.91. The number of nitrogens with one attached hydrogen (secondary N) is 1. The molecule has 0 aromatic heterocycles. The summed E-state index contributed by atoms with van der Waals surface area (Å²) in [5.41, 5.74) is -1.28. The molecule has 2 saturated heterocycles. The quantitative estimate of drug-likeness (QED) is 0.697. The number of anilines is 2. The molecule has 2 amide bonds. The second-order valence-corrected chi connectivity index (χ2v) is 9.65. The van der Waals surface area contributed by atoms with Crippen molar-refractivity contribution in [3.05, 3.63) is 23.8 Å². The molecule has 6 nitrogen and oxygen atoms in total. The van der Waals surface area contributed by atoms with Crippen LogP contribution < -0.4 is 10.2 Å². The largest absolute Gasteiger partial charge is 0.418 e. The average Bonchev–Trinajstić information content (AvgIpc) is 3.09. The van der Waals surface area contributed by atoms with Crippen LogP contribution in [0.4, 0.5) is 24.5 Å². The van der Waals surface area contributed by atoms with E-state index in [-0.39, 0.29) is 48.3 Å². The molecule has 1 spiro atoms. The molecule has 1 aromatic carbocycles. The normalized spacial score (nSPS) is 28.5. The Labute approximate surface area is 192 Å². The number of likely N-dealkylation sites (tertiary alicyclic amines) is 1. The minimum Gasteiger partial charge on any atom is -0.393 e. The monoisotopic (exact) mass is 467 g/mol. The van der Waals surface area contributed by atoms with Gasteiger partial charge in [-0.15, -0.1) is 0 Å². The van der Waals surface area contributed by atoms with Crippen molar-refractivity contribution in [1.29, 1.82) is 0 Å². The summed E-state index contributed by atoms with van der Waals surface area (Å²) < 4.78 is 41.8. The van der Waals surface area contributed by atoms with Gasteiger partial charge in [0.1, 0.15) is 0 Å². The number of carbonyl (C=O) groups is 2. The first kappa shape index (κ1) is 23.9. The third-order valence-electron chi connectivity index (χ3n) is 7.48. The van der Waals surface area contributed by atoms with Crippen molar-refractivity contribution >= 4 is 23.2 Å². The molecule has 182 valence electrons. The second-order valence-electron chi connectivity index (χ2n) is 9.65. The zero-order chi connectivity index (χ0) is 23.8. The second kappa shape index (κ2) is 9.16. The number of halogens is 3. The topological polar surface area (TPSA) is 72.9 Å². The molecular formula is C24H32F3N3O3. The molecule has 4 rings (SSSR count). The number of hydrogen-bond donors (Lipinski definition) is 2. The average molecular weight is 468 g/mol. The lowest BCUT2D eigenvalue weighted by Gasteiger charge is -2.42. The first-order chi connectivity index (χ1) is 15.6. The van der Waals surface area contributed by atoms with E-state index in [0.29, 0.717) is 45.2 Å². The van der Waals surface area contributed by atoms with Crippen molar-refractivity contribution in [1.82, 2.24) is 4.90 Å². The van der Waals surface area contributed by atoms with Crippen LogP contribution in [0.3, 0.4) is 0 Å². The highest BCUT2D eigenvalue weighted by Crippen LogP contribution is 2.46. The van der Waals surface area contributed by atoms with E-state index < -0.39 is 17.2 Å². The molecule has 3 fully saturated rings. The van der Waals surface area contributed by atoms with Gasteiger partial charge in [-0.3, -0.25) is 9.59 Å². The Kier molecular flexibility index (Phi) is 6.62. The van der Waals surface area contributed by atoms with Gasteiger partial charge in [0.15, 0.2) is 0 Å². The van der Waals surface area contributed by atoms with Crippen LogP contribution in [-0.4, -0.2) is 53.6 Å². The number of hydrogen-bond acceptors (Lipinski definition) is 4. The number of aliphatic hydroxyl groups is 1. The van der Waals surface area contributed by atoms with Gasteiger partial charge in [-0.25, -0.2) is 0 Å². The zero-order valence-electron chi connectivity index (χ0n) is 19.0. The van der Waals surface area contributed by atoms with E-state index in [1.54, 1.807) is 11.8 Å². The fraction of sp³-hybridized carbons (Fsp3) is 0.667. The lowest BCUT2D eigenvalue weighted by Crippen LogP contribution is -2.50. The third kappa shape index (κ3) is 4.83. The van der Waals surface area contributed by atoms with Crippen molar-refractivity contribution in [2.24, 2.45) is 5.41 Å². The van der Waals surface area contributed by atoms with Crippen molar-refractivity contribution in [2.45, 2.75) is 76.6 Å². The van der Waals surface area contributed by atoms with E-state index in [2.05, 4.69) is 5.32 Å². The van der Waals surface area contributed by atoms with Gasteiger partial charge in [0.25, 0.3) is 0 Å². The number of carbonyl (C=O) groups excluding carboxylic acids is 2. The standard InChI is InChI=1S/C24H32F3N3O3/c1-2-21(32)28-16-4-9-20(19(14-16)24(25,26)27)29-12-3-10-23(15-29)11-13-30(22(23)33)17-5-7-18(31)8-6-17/h4,9,14,17-18,31H,2-3,5-8,10-13,15H2,1H3,(H,28,32)/t17-,18-,23-/m0/s1. The van der Waals surface area contributed by atoms with Gasteiger partial charge in [-0.05, 0) is 63.1 Å². The van der Waals surface area contributed by atoms with Gasteiger partial charge in [-0.2, -0.15) is 13.2 Å². The fourth-order valence-corrected chi connectivity index (χ4v) is 5.65. The fourth-order valence-electron chi connectivity index (χ4n) is 5.65. The summed E-state index contributed by atoms with van der Waals surface area (Å²) in [6.07, 6.45) is 0.183. The molecule has 1 atom stereocenters. The van der Waals surface area contributed by atoms with Crippen LogP contribution in [0.2, 0.25) is 0 Å². The van der Waals surface area contributed by atoms with Crippen molar-refractivity contribution in [2.75, 3.05) is 29.9 Å². The molecule has 1 aromatic rings. The number of aliphatic hydroxyl groups excluding tert-OH is 1. The van der Waals surface area contributed by atoms with Crippen LogP contribution in [0, 0.1) is 5.41 Å². The van der Waals surface area contributed by atoms with Gasteiger partial charge in [0.2, 0.25) is 11.8 Å². The SMILES string of the molecule is CCC(=O)Nc1ccc(N2CCC[C@]3(CCN([C@H]4CC[C@H](O)CC4)C3=O)C2)c(C(F)(F)F)c1. The van der Waals surface area contributed by atoms with Gasteiger partial charge in [0, 0.05) is 43.5 Å². The smallest absolute Gasteiger partial charge is 0.393 e. The summed E-state index contributed by atoms with van der Waals surface area (Å²) in [7, 11) is 0. The molecule has 33 heavy (non-hydrogen) atoms. The van der Waals surface area contributed by atoms with Crippen molar-refractivity contribution in [3.63, 3.8) is 0 Å². The van der Waals surface area contributed by atoms with E-state index in [1.165, 1.54) is 12.1 Å². The summed E-state index contributed by atoms with van der Waals surface area (Å²) in [6, 6.07) is 4.01. The maximum atomic E-state index is 13.9. The van der Waals surface area contributed by atoms with Crippen LogP contribution >= 0.6 is 0 Å². The molecule has 0 bridgehead atoms. The molecule has 1 saturated carbocycles. The molecule has 2 N–H and O–H groups in total. The van der Waals surface area contributed by atoms with E-state index in [1.807, 2.05) is 4.90 Å². The van der Waals surface area contributed by atoms with Gasteiger partial charge < -0.3 is 20.2 Å². The highest BCUT2D eigenvalue weighted by atomic mass is 19.4. The molecule has 2 aliphatic heterocycles. The zero-order valence-corrected chi connectivity index (χ0v) is 19.0. The number of piperidine rings is 1. The summed E-state index contributed by atoms with van der Waals surface area (Å²) in [5, 5.41) is 12.3. The summed E-state index contributed by atoms with van der Waals surface area (Å²) in [4.78, 5) is 28.8. The summed E-state index contributed by atoms with van der Waals surface area (Å²) in [5.74, 6) is -0.298. The van der Waals surface area contributed by atoms with Gasteiger partial charge in [0.05, 0.1) is 17.1 Å². The molecule has 0 radical (unpaired) electrons. The van der Waals surface area contributed by atoms with Gasteiger partial charge in [-0.1, -0.05) is 6.92 Å². The molecule has 1 aliphatic carbocycles. The Hall–Kier alpha value is -2.29.